The van der Waals surface area contributed by atoms with E-state index in [-0.39, 0.29) is 11.4 Å². The van der Waals surface area contributed by atoms with Gasteiger partial charge in [-0.3, -0.25) is 4.79 Å². The van der Waals surface area contributed by atoms with Gasteiger partial charge in [-0.25, -0.2) is 0 Å². The van der Waals surface area contributed by atoms with Crippen molar-refractivity contribution in [2.45, 2.75) is 19.4 Å². The van der Waals surface area contributed by atoms with Crippen molar-refractivity contribution in [2.24, 2.45) is 0 Å². The van der Waals surface area contributed by atoms with Crippen LogP contribution in [0.1, 0.15) is 12.5 Å². The van der Waals surface area contributed by atoms with E-state index in [1.165, 1.54) is 6.92 Å². The van der Waals surface area contributed by atoms with Crippen LogP contribution in [-0.2, 0) is 11.2 Å². The minimum atomic E-state index is -0.769. The van der Waals surface area contributed by atoms with E-state index in [4.69, 9.17) is 0 Å². The fraction of sp³-hybridized carbons (Fsp3) is 0.250. The van der Waals surface area contributed by atoms with Crippen LogP contribution in [0.15, 0.2) is 42.5 Å². The molecule has 1 atom stereocenters. The van der Waals surface area contributed by atoms with Crippen LogP contribution < -0.4 is 0 Å². The van der Waals surface area contributed by atoms with Gasteiger partial charge in [-0.2, -0.15) is 0 Å². The van der Waals surface area contributed by atoms with Crippen LogP contribution in [0.25, 0.3) is 0 Å². The zero-order chi connectivity index (χ0) is 10.6. The van der Waals surface area contributed by atoms with E-state index in [2.05, 4.69) is 6.58 Å². The molecule has 0 aliphatic carbocycles. The highest BCUT2D eigenvalue weighted by Crippen LogP contribution is 2.09. The first-order chi connectivity index (χ1) is 6.61. The largest absolute Gasteiger partial charge is 0.388 e. The number of benzene rings is 1. The molecule has 0 aliphatic heterocycles. The summed E-state index contributed by atoms with van der Waals surface area (Å²) >= 11 is 0. The Morgan fingerprint density at radius 3 is 2.50 bits per heavy atom. The molecule has 2 heteroatoms. The van der Waals surface area contributed by atoms with Gasteiger partial charge in [-0.05, 0) is 12.5 Å². The first kappa shape index (κ1) is 10.7. The molecular weight excluding hydrogens is 176 g/mol. The summed E-state index contributed by atoms with van der Waals surface area (Å²) in [5.74, 6) is -0.159. The van der Waals surface area contributed by atoms with Crippen molar-refractivity contribution in [3.8, 4) is 0 Å². The fourth-order valence-corrected chi connectivity index (χ4v) is 1.20. The molecule has 0 heterocycles. The van der Waals surface area contributed by atoms with Crippen LogP contribution in [-0.4, -0.2) is 17.0 Å². The molecule has 14 heavy (non-hydrogen) atoms. The fourth-order valence-electron chi connectivity index (χ4n) is 1.20. The number of Topliss-reactive ketones (excluding diaryl/α,β-unsaturated/α-hetero) is 1. The second-order valence-corrected chi connectivity index (χ2v) is 3.29. The quantitative estimate of drug-likeness (QED) is 0.734. The molecule has 0 saturated heterocycles. The Labute approximate surface area is 83.9 Å². The average Bonchev–Trinajstić information content (AvgIpc) is 2.18. The van der Waals surface area contributed by atoms with Crippen LogP contribution in [0, 0.1) is 0 Å². The lowest BCUT2D eigenvalue weighted by Gasteiger charge is -2.10. The van der Waals surface area contributed by atoms with Crippen LogP contribution in [0.3, 0.4) is 0 Å². The van der Waals surface area contributed by atoms with Crippen molar-refractivity contribution in [3.05, 3.63) is 48.0 Å². The highest BCUT2D eigenvalue weighted by molar-refractivity contribution is 5.93. The first-order valence-electron chi connectivity index (χ1n) is 4.53. The van der Waals surface area contributed by atoms with E-state index in [9.17, 15) is 9.90 Å². The highest BCUT2D eigenvalue weighted by atomic mass is 16.3. The summed E-state index contributed by atoms with van der Waals surface area (Å²) in [7, 11) is 0. The molecule has 0 saturated carbocycles. The summed E-state index contributed by atoms with van der Waals surface area (Å²) in [4.78, 5) is 10.9. The zero-order valence-electron chi connectivity index (χ0n) is 8.23. The molecule has 0 fully saturated rings. The Balaban J connectivity index is 2.62. The Morgan fingerprint density at radius 2 is 2.00 bits per heavy atom. The Bertz CT molecular complexity index is 327. The SMILES string of the molecule is C=C(C(C)=O)C(O)Cc1ccccc1. The van der Waals surface area contributed by atoms with Gasteiger partial charge >= 0.3 is 0 Å². The van der Waals surface area contributed by atoms with Crippen LogP contribution in [0.2, 0.25) is 0 Å². The van der Waals surface area contributed by atoms with Crippen LogP contribution >= 0.6 is 0 Å². The molecule has 0 aliphatic rings. The Kier molecular flexibility index (Phi) is 3.60. The normalized spacial score (nSPS) is 12.1. The lowest BCUT2D eigenvalue weighted by atomic mass is 10.0. The predicted molar refractivity (Wildman–Crippen MR) is 56.0 cm³/mol. The van der Waals surface area contributed by atoms with Crippen molar-refractivity contribution in [3.63, 3.8) is 0 Å². The topological polar surface area (TPSA) is 37.3 Å². The minimum absolute atomic E-state index is 0.159. The van der Waals surface area contributed by atoms with Crippen molar-refractivity contribution < 1.29 is 9.90 Å². The lowest BCUT2D eigenvalue weighted by Crippen LogP contribution is -2.17. The molecule has 74 valence electrons. The van der Waals surface area contributed by atoms with Gasteiger partial charge in [0.15, 0.2) is 5.78 Å². The third kappa shape index (κ3) is 2.82. The summed E-state index contributed by atoms with van der Waals surface area (Å²) in [5, 5.41) is 9.62. The smallest absolute Gasteiger partial charge is 0.157 e. The molecule has 0 radical (unpaired) electrons. The van der Waals surface area contributed by atoms with Gasteiger partial charge in [0.2, 0.25) is 0 Å². The lowest BCUT2D eigenvalue weighted by molar-refractivity contribution is -0.114. The number of carbonyl (C=O) groups is 1. The van der Waals surface area contributed by atoms with E-state index >= 15 is 0 Å². The number of carbonyl (C=O) groups excluding carboxylic acids is 1. The maximum absolute atomic E-state index is 10.9. The number of hydrogen-bond donors (Lipinski definition) is 1. The summed E-state index contributed by atoms with van der Waals surface area (Å²) in [6.45, 7) is 4.96. The van der Waals surface area contributed by atoms with E-state index in [1.807, 2.05) is 30.3 Å². The van der Waals surface area contributed by atoms with Gasteiger partial charge in [0.05, 0.1) is 6.10 Å². The van der Waals surface area contributed by atoms with Gasteiger partial charge in [0, 0.05) is 12.0 Å². The minimum Gasteiger partial charge on any atom is -0.388 e. The van der Waals surface area contributed by atoms with E-state index < -0.39 is 6.10 Å². The molecule has 0 amide bonds. The highest BCUT2D eigenvalue weighted by Gasteiger charge is 2.12. The summed E-state index contributed by atoms with van der Waals surface area (Å²) in [6.07, 6.45) is -0.325. The number of rotatable bonds is 4. The molecule has 0 bridgehead atoms. The first-order valence-corrected chi connectivity index (χ1v) is 4.53. The number of aliphatic hydroxyl groups is 1. The second-order valence-electron chi connectivity index (χ2n) is 3.29. The van der Waals surface area contributed by atoms with Crippen molar-refractivity contribution in [2.75, 3.05) is 0 Å². The van der Waals surface area contributed by atoms with Gasteiger partial charge in [0.1, 0.15) is 0 Å². The van der Waals surface area contributed by atoms with Crippen LogP contribution in [0.4, 0.5) is 0 Å². The third-order valence-corrected chi connectivity index (χ3v) is 2.13. The van der Waals surface area contributed by atoms with E-state index in [0.29, 0.717) is 6.42 Å². The maximum Gasteiger partial charge on any atom is 0.157 e. The standard InChI is InChI=1S/C12H14O2/c1-9(10(2)13)12(14)8-11-6-4-3-5-7-11/h3-7,12,14H,1,8H2,2H3. The molecule has 1 aromatic carbocycles. The van der Waals surface area contributed by atoms with E-state index in [1.54, 1.807) is 0 Å². The maximum atomic E-state index is 10.9. The molecule has 2 nitrogen and oxygen atoms in total. The van der Waals surface area contributed by atoms with Crippen molar-refractivity contribution >= 4 is 5.78 Å². The molecule has 1 N–H and O–H groups in total. The molecule has 0 spiro atoms. The molecule has 1 unspecified atom stereocenters. The molecular formula is C12H14O2. The Hall–Kier alpha value is -1.41. The molecule has 1 aromatic rings. The van der Waals surface area contributed by atoms with Crippen LogP contribution in [0.5, 0.6) is 0 Å². The number of ketones is 1. The summed E-state index contributed by atoms with van der Waals surface area (Å²) in [5.41, 5.74) is 1.27. The van der Waals surface area contributed by atoms with E-state index in [0.717, 1.165) is 5.56 Å². The summed E-state index contributed by atoms with van der Waals surface area (Å²) in [6, 6.07) is 9.54. The van der Waals surface area contributed by atoms with Crippen molar-refractivity contribution in [1.82, 2.24) is 0 Å². The molecule has 1 rings (SSSR count). The Morgan fingerprint density at radius 1 is 1.43 bits per heavy atom. The predicted octanol–water partition coefficient (Wildman–Crippen LogP) is 1.74. The van der Waals surface area contributed by atoms with Gasteiger partial charge in [-0.1, -0.05) is 36.9 Å². The average molecular weight is 190 g/mol. The second kappa shape index (κ2) is 4.72. The monoisotopic (exact) mass is 190 g/mol. The van der Waals surface area contributed by atoms with Gasteiger partial charge in [0.25, 0.3) is 0 Å². The van der Waals surface area contributed by atoms with Crippen molar-refractivity contribution in [1.29, 1.82) is 0 Å². The number of hydrogen-bond acceptors (Lipinski definition) is 2. The third-order valence-electron chi connectivity index (χ3n) is 2.13. The van der Waals surface area contributed by atoms with Gasteiger partial charge < -0.3 is 5.11 Å². The molecule has 0 aromatic heterocycles. The zero-order valence-corrected chi connectivity index (χ0v) is 8.23. The summed E-state index contributed by atoms with van der Waals surface area (Å²) < 4.78 is 0. The number of aliphatic hydroxyl groups excluding tert-OH is 1. The van der Waals surface area contributed by atoms with Gasteiger partial charge in [-0.15, -0.1) is 0 Å².